The number of amides is 1. The van der Waals surface area contributed by atoms with Crippen LogP contribution in [0.5, 0.6) is 0 Å². The number of nitrogens with zero attached hydrogens (tertiary/aromatic N) is 1. The standard InChI is InChI=1S/C15H24N2O3/c1-10-5-6-19-14(10)15(18)16-7-11(2)17-8-12(3)20-13(4)9-17/h5-6,11-13H,7-9H2,1-4H3,(H,16,18)/t11-,12-,13+/m0/s1. The maximum Gasteiger partial charge on any atom is 0.287 e. The Labute approximate surface area is 120 Å². The summed E-state index contributed by atoms with van der Waals surface area (Å²) in [6, 6.07) is 2.08. The van der Waals surface area contributed by atoms with Crippen LogP contribution in [0.2, 0.25) is 0 Å². The fourth-order valence-corrected chi connectivity index (χ4v) is 2.63. The Bertz CT molecular complexity index is 448. The van der Waals surface area contributed by atoms with E-state index in [-0.39, 0.29) is 24.2 Å². The number of hydrogen-bond acceptors (Lipinski definition) is 4. The van der Waals surface area contributed by atoms with Crippen molar-refractivity contribution in [2.24, 2.45) is 0 Å². The van der Waals surface area contributed by atoms with E-state index in [1.165, 1.54) is 0 Å². The molecule has 20 heavy (non-hydrogen) atoms. The van der Waals surface area contributed by atoms with Crippen molar-refractivity contribution in [1.82, 2.24) is 10.2 Å². The average molecular weight is 280 g/mol. The smallest absolute Gasteiger partial charge is 0.287 e. The normalized spacial score (nSPS) is 25.4. The molecule has 2 rings (SSSR count). The van der Waals surface area contributed by atoms with Crippen molar-refractivity contribution in [3.63, 3.8) is 0 Å². The van der Waals surface area contributed by atoms with Crippen LogP contribution in [0.3, 0.4) is 0 Å². The highest BCUT2D eigenvalue weighted by Crippen LogP contribution is 2.13. The Morgan fingerprint density at radius 1 is 1.45 bits per heavy atom. The van der Waals surface area contributed by atoms with Gasteiger partial charge in [0.1, 0.15) is 0 Å². The molecule has 2 heterocycles. The number of nitrogens with one attached hydrogen (secondary N) is 1. The Hall–Kier alpha value is -1.33. The number of carbonyl (C=O) groups excluding carboxylic acids is 1. The van der Waals surface area contributed by atoms with Crippen molar-refractivity contribution in [3.05, 3.63) is 23.7 Å². The molecule has 0 radical (unpaired) electrons. The maximum absolute atomic E-state index is 12.0. The summed E-state index contributed by atoms with van der Waals surface area (Å²) in [5.41, 5.74) is 0.865. The Balaban J connectivity index is 1.84. The van der Waals surface area contributed by atoms with E-state index in [4.69, 9.17) is 9.15 Å². The van der Waals surface area contributed by atoms with Crippen LogP contribution in [0.25, 0.3) is 0 Å². The van der Waals surface area contributed by atoms with Crippen LogP contribution >= 0.6 is 0 Å². The lowest BCUT2D eigenvalue weighted by atomic mass is 10.1. The van der Waals surface area contributed by atoms with Gasteiger partial charge in [0.25, 0.3) is 5.91 Å². The van der Waals surface area contributed by atoms with Gasteiger partial charge in [-0.3, -0.25) is 9.69 Å². The van der Waals surface area contributed by atoms with Gasteiger partial charge < -0.3 is 14.5 Å². The van der Waals surface area contributed by atoms with Crippen LogP contribution in [0.15, 0.2) is 16.7 Å². The topological polar surface area (TPSA) is 54.7 Å². The lowest BCUT2D eigenvalue weighted by Gasteiger charge is -2.38. The fourth-order valence-electron chi connectivity index (χ4n) is 2.63. The highest BCUT2D eigenvalue weighted by atomic mass is 16.5. The van der Waals surface area contributed by atoms with Crippen LogP contribution in [0.4, 0.5) is 0 Å². The van der Waals surface area contributed by atoms with E-state index >= 15 is 0 Å². The van der Waals surface area contributed by atoms with Gasteiger partial charge in [0.15, 0.2) is 5.76 Å². The van der Waals surface area contributed by atoms with E-state index in [0.717, 1.165) is 18.7 Å². The first-order valence-corrected chi connectivity index (χ1v) is 7.19. The van der Waals surface area contributed by atoms with E-state index in [0.29, 0.717) is 12.3 Å². The first-order valence-electron chi connectivity index (χ1n) is 7.19. The SMILES string of the molecule is Cc1ccoc1C(=O)NC[C@H](C)N1C[C@@H](C)O[C@@H](C)C1. The maximum atomic E-state index is 12.0. The summed E-state index contributed by atoms with van der Waals surface area (Å²) >= 11 is 0. The largest absolute Gasteiger partial charge is 0.459 e. The van der Waals surface area contributed by atoms with E-state index in [1.54, 1.807) is 12.3 Å². The minimum Gasteiger partial charge on any atom is -0.459 e. The van der Waals surface area contributed by atoms with Gasteiger partial charge in [0.2, 0.25) is 0 Å². The lowest BCUT2D eigenvalue weighted by Crippen LogP contribution is -2.52. The van der Waals surface area contributed by atoms with E-state index in [1.807, 2.05) is 6.92 Å². The number of rotatable bonds is 4. The Kier molecular flexibility index (Phi) is 4.83. The van der Waals surface area contributed by atoms with Crippen molar-refractivity contribution < 1.29 is 13.9 Å². The number of ether oxygens (including phenoxy) is 1. The molecule has 1 saturated heterocycles. The molecule has 5 heteroatoms. The molecule has 1 aromatic heterocycles. The molecule has 0 bridgehead atoms. The third kappa shape index (κ3) is 3.61. The summed E-state index contributed by atoms with van der Waals surface area (Å²) < 4.78 is 10.9. The number of hydrogen-bond donors (Lipinski definition) is 1. The van der Waals surface area contributed by atoms with Crippen LogP contribution in [-0.4, -0.2) is 48.7 Å². The summed E-state index contributed by atoms with van der Waals surface area (Å²) in [5.74, 6) is 0.259. The summed E-state index contributed by atoms with van der Waals surface area (Å²) in [6.45, 7) is 10.6. The first-order chi connectivity index (χ1) is 9.47. The second-order valence-corrected chi connectivity index (χ2v) is 5.70. The molecule has 1 N–H and O–H groups in total. The van der Waals surface area contributed by atoms with Crippen molar-refractivity contribution in [2.75, 3.05) is 19.6 Å². The van der Waals surface area contributed by atoms with Gasteiger partial charge in [-0.2, -0.15) is 0 Å². The molecule has 5 nitrogen and oxygen atoms in total. The Morgan fingerprint density at radius 3 is 2.65 bits per heavy atom. The molecule has 1 fully saturated rings. The number of morpholine rings is 1. The van der Waals surface area contributed by atoms with Gasteiger partial charge in [0, 0.05) is 31.2 Å². The minimum absolute atomic E-state index is 0.145. The van der Waals surface area contributed by atoms with E-state index < -0.39 is 0 Å². The third-order valence-electron chi connectivity index (χ3n) is 3.70. The molecule has 1 amide bonds. The predicted octanol–water partition coefficient (Wildman–Crippen LogP) is 1.82. The van der Waals surface area contributed by atoms with Gasteiger partial charge >= 0.3 is 0 Å². The zero-order chi connectivity index (χ0) is 14.7. The first kappa shape index (κ1) is 15.1. The average Bonchev–Trinajstić information content (AvgIpc) is 2.80. The summed E-state index contributed by atoms with van der Waals surface area (Å²) in [7, 11) is 0. The molecule has 0 aliphatic carbocycles. The van der Waals surface area contributed by atoms with E-state index in [2.05, 4.69) is 31.0 Å². The highest BCUT2D eigenvalue weighted by Gasteiger charge is 2.26. The van der Waals surface area contributed by atoms with Crippen LogP contribution in [0.1, 0.15) is 36.9 Å². The van der Waals surface area contributed by atoms with Gasteiger partial charge in [-0.25, -0.2) is 0 Å². The third-order valence-corrected chi connectivity index (χ3v) is 3.70. The summed E-state index contributed by atoms with van der Waals surface area (Å²) in [4.78, 5) is 14.3. The van der Waals surface area contributed by atoms with Crippen molar-refractivity contribution in [1.29, 1.82) is 0 Å². The van der Waals surface area contributed by atoms with E-state index in [9.17, 15) is 4.79 Å². The number of carbonyl (C=O) groups is 1. The molecule has 0 aromatic carbocycles. The molecular weight excluding hydrogens is 256 g/mol. The van der Waals surface area contributed by atoms with Gasteiger partial charge in [-0.1, -0.05) is 0 Å². The van der Waals surface area contributed by atoms with Crippen molar-refractivity contribution in [2.45, 2.75) is 45.9 Å². The molecular formula is C15H24N2O3. The summed E-state index contributed by atoms with van der Waals surface area (Å²) in [5, 5.41) is 2.94. The molecule has 0 spiro atoms. The van der Waals surface area contributed by atoms with Crippen molar-refractivity contribution in [3.8, 4) is 0 Å². The second-order valence-electron chi connectivity index (χ2n) is 5.70. The fraction of sp³-hybridized carbons (Fsp3) is 0.667. The number of aryl methyl sites for hydroxylation is 1. The van der Waals surface area contributed by atoms with Crippen LogP contribution in [-0.2, 0) is 4.74 Å². The zero-order valence-electron chi connectivity index (χ0n) is 12.7. The zero-order valence-corrected chi connectivity index (χ0v) is 12.7. The summed E-state index contributed by atoms with van der Waals surface area (Å²) in [6.07, 6.45) is 2.02. The van der Waals surface area contributed by atoms with Gasteiger partial charge in [-0.05, 0) is 33.8 Å². The monoisotopic (exact) mass is 280 g/mol. The highest BCUT2D eigenvalue weighted by molar-refractivity contribution is 5.92. The molecule has 112 valence electrons. The molecule has 0 unspecified atom stereocenters. The second kappa shape index (κ2) is 6.41. The number of furan rings is 1. The molecule has 0 saturated carbocycles. The van der Waals surface area contributed by atoms with Gasteiger partial charge in [0.05, 0.1) is 18.5 Å². The molecule has 3 atom stereocenters. The molecule has 1 aliphatic heterocycles. The molecule has 1 aliphatic rings. The lowest BCUT2D eigenvalue weighted by molar-refractivity contribution is -0.0778. The predicted molar refractivity (Wildman–Crippen MR) is 76.8 cm³/mol. The van der Waals surface area contributed by atoms with Crippen molar-refractivity contribution >= 4 is 5.91 Å². The van der Waals surface area contributed by atoms with Crippen LogP contribution < -0.4 is 5.32 Å². The minimum atomic E-state index is -0.145. The molecule has 1 aromatic rings. The van der Waals surface area contributed by atoms with Gasteiger partial charge in [-0.15, -0.1) is 0 Å². The Morgan fingerprint density at radius 2 is 2.10 bits per heavy atom. The van der Waals surface area contributed by atoms with Crippen LogP contribution in [0, 0.1) is 6.92 Å². The quantitative estimate of drug-likeness (QED) is 0.914.